The smallest absolute Gasteiger partial charge is 0.114 e. The van der Waals surface area contributed by atoms with Gasteiger partial charge in [-0.2, -0.15) is 12.0 Å². The first-order valence-corrected chi connectivity index (χ1v) is 9.61. The summed E-state index contributed by atoms with van der Waals surface area (Å²) in [7, 11) is 0. The Bertz CT molecular complexity index is 386. The monoisotopic (exact) mass is 402 g/mol. The fraction of sp³-hybridized carbons (Fsp3) is 0.889. The van der Waals surface area contributed by atoms with Gasteiger partial charge in [-0.1, -0.05) is 0 Å². The molecule has 2 fully saturated rings. The molecule has 10 nitrogen and oxygen atoms in total. The molecule has 164 valence electrons. The van der Waals surface area contributed by atoms with Crippen molar-refractivity contribution in [1.82, 2.24) is 0 Å². The Morgan fingerprint density at radius 3 is 1.39 bits per heavy atom. The van der Waals surface area contributed by atoms with E-state index in [-0.39, 0.29) is 24.4 Å². The van der Waals surface area contributed by atoms with Crippen LogP contribution in [0.4, 0.5) is 0 Å². The third-order valence-corrected chi connectivity index (χ3v) is 4.42. The summed E-state index contributed by atoms with van der Waals surface area (Å²) in [5.41, 5.74) is 0.0297. The Kier molecular flexibility index (Phi) is 19.4. The summed E-state index contributed by atoms with van der Waals surface area (Å²) in [5, 5.41) is 46.8. The fourth-order valence-electron chi connectivity index (χ4n) is 2.96. The third-order valence-electron chi connectivity index (χ3n) is 4.42. The molecule has 0 aromatic heterocycles. The highest BCUT2D eigenvalue weighted by Gasteiger charge is 2.30. The maximum Gasteiger partial charge on any atom is 0.114 e. The van der Waals surface area contributed by atoms with Gasteiger partial charge in [0.1, 0.15) is 24.3 Å². The van der Waals surface area contributed by atoms with Gasteiger partial charge in [-0.15, -0.1) is 0 Å². The summed E-state index contributed by atoms with van der Waals surface area (Å²) in [6.07, 6.45) is 3.65. The number of ether oxygens (including phenoxy) is 2. The second-order valence-electron chi connectivity index (χ2n) is 7.04. The number of aliphatic hydroxyl groups excluding tert-OH is 2. The summed E-state index contributed by atoms with van der Waals surface area (Å²) in [6.45, 7) is 10.7. The molecule has 28 heavy (non-hydrogen) atoms. The van der Waals surface area contributed by atoms with Crippen LogP contribution in [0.5, 0.6) is 0 Å². The van der Waals surface area contributed by atoms with Crippen molar-refractivity contribution in [3.05, 3.63) is 10.8 Å². The van der Waals surface area contributed by atoms with Gasteiger partial charge in [-0.25, -0.2) is 0 Å². The van der Waals surface area contributed by atoms with Crippen LogP contribution in [0, 0.1) is 10.8 Å². The van der Waals surface area contributed by atoms with E-state index in [4.69, 9.17) is 41.3 Å². The molecule has 2 rings (SSSR count). The zero-order chi connectivity index (χ0) is 21.7. The maximum atomic E-state index is 8.65. The molecular formula is C18H38N6O4. The van der Waals surface area contributed by atoms with Gasteiger partial charge < -0.3 is 52.0 Å². The molecule has 2 saturated heterocycles. The first kappa shape index (κ1) is 28.7. The van der Waals surface area contributed by atoms with Gasteiger partial charge in [0.2, 0.25) is 0 Å². The van der Waals surface area contributed by atoms with E-state index < -0.39 is 0 Å². The molecule has 2 unspecified atom stereocenters. The second-order valence-corrected chi connectivity index (χ2v) is 7.04. The van der Waals surface area contributed by atoms with Crippen LogP contribution >= 0.6 is 0 Å². The van der Waals surface area contributed by atoms with Crippen LogP contribution in [0.15, 0.2) is 0 Å². The van der Waals surface area contributed by atoms with Crippen molar-refractivity contribution in [3.8, 4) is 0 Å². The van der Waals surface area contributed by atoms with Crippen LogP contribution < -0.4 is 10.6 Å². The Morgan fingerprint density at radius 1 is 0.857 bits per heavy atom. The predicted octanol–water partition coefficient (Wildman–Crippen LogP) is -1.16. The average Bonchev–Trinajstić information content (AvgIpc) is 2.68. The minimum absolute atomic E-state index is 0.0149. The van der Waals surface area contributed by atoms with E-state index in [1.807, 2.05) is 0 Å². The van der Waals surface area contributed by atoms with Crippen LogP contribution in [0.2, 0.25) is 0 Å². The third kappa shape index (κ3) is 16.7. The first-order chi connectivity index (χ1) is 13.4. The lowest BCUT2D eigenvalue weighted by atomic mass is 9.99. The van der Waals surface area contributed by atoms with E-state index in [0.29, 0.717) is 0 Å². The molecule has 10 heteroatoms. The van der Waals surface area contributed by atoms with Crippen LogP contribution in [-0.4, -0.2) is 86.0 Å². The molecule has 0 aromatic rings. The predicted molar refractivity (Wildman–Crippen MR) is 107 cm³/mol. The van der Waals surface area contributed by atoms with Gasteiger partial charge in [-0.3, -0.25) is 0 Å². The van der Waals surface area contributed by atoms with Crippen molar-refractivity contribution >= 4 is 12.0 Å². The van der Waals surface area contributed by atoms with Gasteiger partial charge in [0, 0.05) is 13.2 Å². The lowest BCUT2D eigenvalue weighted by Gasteiger charge is -2.31. The fourth-order valence-corrected chi connectivity index (χ4v) is 2.96. The Morgan fingerprint density at radius 2 is 1.18 bits per heavy atom. The lowest BCUT2D eigenvalue weighted by Crippen LogP contribution is -2.91. The summed E-state index contributed by atoms with van der Waals surface area (Å²) in [5.74, 6) is 0. The normalized spacial score (nSPS) is 25.9. The highest BCUT2D eigenvalue weighted by molar-refractivity contribution is 5.39. The molecule has 0 aromatic carbocycles. The molecular weight excluding hydrogens is 364 g/mol. The van der Waals surface area contributed by atoms with Crippen molar-refractivity contribution in [2.75, 3.05) is 52.6 Å². The Hall–Kier alpha value is -1.48. The maximum absolute atomic E-state index is 8.65. The van der Waals surface area contributed by atoms with Crippen LogP contribution in [0.3, 0.4) is 0 Å². The molecule has 0 saturated carbocycles. The molecule has 2 heterocycles. The number of nitrogens with zero attached hydrogens (tertiary/aromatic N) is 2. The number of morpholine rings is 2. The van der Waals surface area contributed by atoms with Crippen LogP contribution in [0.25, 0.3) is 10.8 Å². The molecule has 0 aliphatic carbocycles. The van der Waals surface area contributed by atoms with Gasteiger partial charge >= 0.3 is 0 Å². The molecule has 0 bridgehead atoms. The number of aliphatic hydroxyl groups is 2. The molecule has 0 radical (unpaired) electrons. The highest BCUT2D eigenvalue weighted by atomic mass is 16.5. The largest absolute Gasteiger partial charge is 0.447 e. The number of quaternary nitrogens is 2. The van der Waals surface area contributed by atoms with E-state index in [2.05, 4.69) is 24.5 Å². The molecule has 2 atom stereocenters. The summed E-state index contributed by atoms with van der Waals surface area (Å²) >= 11 is 0. The standard InChI is InChI=1S/2C8H17NO2.2CHN2/c2*1-8(3-2-5-10)7-9-4-6-11-8;2*2-1-3/h2*9-10H,2-7H2,1H3;2*2H/q;;2*-1/p+2. The van der Waals surface area contributed by atoms with Crippen molar-refractivity contribution < 1.29 is 30.3 Å². The molecule has 8 N–H and O–H groups in total. The second kappa shape index (κ2) is 18.9. The van der Waals surface area contributed by atoms with E-state index in [1.54, 1.807) is 0 Å². The summed E-state index contributed by atoms with van der Waals surface area (Å²) in [4.78, 5) is 0. The number of nitrogens with two attached hydrogens (primary N) is 2. The zero-order valence-corrected chi connectivity index (χ0v) is 17.2. The van der Waals surface area contributed by atoms with E-state index >= 15 is 0 Å². The van der Waals surface area contributed by atoms with E-state index in [0.717, 1.165) is 77.1 Å². The number of nitrogens with one attached hydrogen (secondary N) is 2. The molecule has 0 amide bonds. The van der Waals surface area contributed by atoms with Gasteiger partial charge in [0.15, 0.2) is 0 Å². The quantitative estimate of drug-likeness (QED) is 0.306. The topological polar surface area (TPSA) is 184 Å². The van der Waals surface area contributed by atoms with Crippen LogP contribution in [-0.2, 0) is 9.47 Å². The molecule has 2 aliphatic heterocycles. The van der Waals surface area contributed by atoms with Crippen molar-refractivity contribution in [2.24, 2.45) is 0 Å². The minimum atomic E-state index is 0.0149. The Labute approximate surface area is 168 Å². The van der Waals surface area contributed by atoms with Crippen molar-refractivity contribution in [2.45, 2.75) is 50.7 Å². The summed E-state index contributed by atoms with van der Waals surface area (Å²) in [6, 6.07) is 2.00. The Balaban J connectivity index is 0. The van der Waals surface area contributed by atoms with E-state index in [9.17, 15) is 0 Å². The minimum Gasteiger partial charge on any atom is -0.447 e. The molecule has 2 aliphatic rings. The van der Waals surface area contributed by atoms with Gasteiger partial charge in [-0.05, 0) is 39.5 Å². The SMILES string of the molecule is CC1(CCCO)C[NH2+]CCO1.CC1(CCCO)C[NH2+]CCO1.[N-]=C=N.[N-]=C=N. The molecule has 0 spiro atoms. The average molecular weight is 403 g/mol. The van der Waals surface area contributed by atoms with Crippen molar-refractivity contribution in [1.29, 1.82) is 10.8 Å². The highest BCUT2D eigenvalue weighted by Crippen LogP contribution is 2.16. The van der Waals surface area contributed by atoms with Crippen molar-refractivity contribution in [3.63, 3.8) is 0 Å². The number of hydrogen-bond acceptors (Lipinski definition) is 6. The van der Waals surface area contributed by atoms with E-state index in [1.165, 1.54) is 0 Å². The summed E-state index contributed by atoms with van der Waals surface area (Å²) < 4.78 is 11.3. The zero-order valence-electron chi connectivity index (χ0n) is 17.2. The number of hydrogen-bond donors (Lipinski definition) is 6. The lowest BCUT2D eigenvalue weighted by molar-refractivity contribution is -0.685. The number of rotatable bonds is 6. The van der Waals surface area contributed by atoms with Crippen LogP contribution in [0.1, 0.15) is 39.5 Å². The van der Waals surface area contributed by atoms with Gasteiger partial charge in [0.25, 0.3) is 0 Å². The van der Waals surface area contributed by atoms with Gasteiger partial charge in [0.05, 0.1) is 26.3 Å². The first-order valence-electron chi connectivity index (χ1n) is 9.61.